The van der Waals surface area contributed by atoms with Gasteiger partial charge in [-0.25, -0.2) is 0 Å². The van der Waals surface area contributed by atoms with Crippen LogP contribution in [-0.2, 0) is 0 Å². The standard InChI is InChI=1S/C23H15NO2/c25-19-13-12-17(16-10-6-14-24-22(16)19)23-21(15-7-2-1-3-8-15)18-9-4-5-11-20(18)26-23/h1-14,25H. The summed E-state index contributed by atoms with van der Waals surface area (Å²) in [6.07, 6.45) is 1.68. The highest BCUT2D eigenvalue weighted by atomic mass is 16.3. The maximum Gasteiger partial charge on any atom is 0.143 e. The van der Waals surface area contributed by atoms with Crippen LogP contribution in [0.5, 0.6) is 5.75 Å². The first kappa shape index (κ1) is 14.7. The molecule has 3 heteroatoms. The molecule has 0 saturated heterocycles. The minimum atomic E-state index is 0.168. The summed E-state index contributed by atoms with van der Waals surface area (Å²) in [6, 6.07) is 25.7. The van der Waals surface area contributed by atoms with E-state index in [9.17, 15) is 5.11 Å². The van der Waals surface area contributed by atoms with E-state index in [-0.39, 0.29) is 5.75 Å². The Morgan fingerprint density at radius 2 is 1.50 bits per heavy atom. The van der Waals surface area contributed by atoms with Crippen molar-refractivity contribution in [3.8, 4) is 28.2 Å². The fraction of sp³-hybridized carbons (Fsp3) is 0. The molecule has 0 aliphatic heterocycles. The van der Waals surface area contributed by atoms with Crippen LogP contribution in [0.2, 0.25) is 0 Å². The summed E-state index contributed by atoms with van der Waals surface area (Å²) in [5.74, 6) is 0.956. The van der Waals surface area contributed by atoms with E-state index in [4.69, 9.17) is 4.42 Å². The van der Waals surface area contributed by atoms with E-state index in [2.05, 4.69) is 23.2 Å². The van der Waals surface area contributed by atoms with E-state index < -0.39 is 0 Å². The molecule has 124 valence electrons. The second-order valence-corrected chi connectivity index (χ2v) is 6.20. The van der Waals surface area contributed by atoms with Gasteiger partial charge in [-0.1, -0.05) is 54.6 Å². The number of nitrogens with zero attached hydrogens (tertiary/aromatic N) is 1. The van der Waals surface area contributed by atoms with Gasteiger partial charge in [0.15, 0.2) is 0 Å². The Bertz CT molecular complexity index is 1240. The van der Waals surface area contributed by atoms with Gasteiger partial charge in [0, 0.05) is 28.1 Å². The van der Waals surface area contributed by atoms with Crippen molar-refractivity contribution in [1.29, 1.82) is 0 Å². The minimum Gasteiger partial charge on any atom is -0.506 e. The molecule has 0 bridgehead atoms. The highest BCUT2D eigenvalue weighted by Gasteiger charge is 2.19. The van der Waals surface area contributed by atoms with Gasteiger partial charge in [0.1, 0.15) is 22.6 Å². The van der Waals surface area contributed by atoms with E-state index >= 15 is 0 Å². The lowest BCUT2D eigenvalue weighted by Crippen LogP contribution is -1.86. The summed E-state index contributed by atoms with van der Waals surface area (Å²) >= 11 is 0. The molecule has 0 amide bonds. The molecule has 0 aliphatic carbocycles. The lowest BCUT2D eigenvalue weighted by molar-refractivity contribution is 0.480. The van der Waals surface area contributed by atoms with Crippen LogP contribution in [0.4, 0.5) is 0 Å². The van der Waals surface area contributed by atoms with E-state index in [0.29, 0.717) is 5.52 Å². The normalized spacial score (nSPS) is 11.2. The number of hydrogen-bond acceptors (Lipinski definition) is 3. The number of rotatable bonds is 2. The number of phenolic OH excluding ortho intramolecular Hbond substituents is 1. The minimum absolute atomic E-state index is 0.168. The highest BCUT2D eigenvalue weighted by Crippen LogP contribution is 2.43. The van der Waals surface area contributed by atoms with Crippen molar-refractivity contribution in [2.45, 2.75) is 0 Å². The van der Waals surface area contributed by atoms with Crippen LogP contribution in [0.3, 0.4) is 0 Å². The number of furan rings is 1. The van der Waals surface area contributed by atoms with Crippen LogP contribution in [0.15, 0.2) is 89.5 Å². The van der Waals surface area contributed by atoms with Crippen LogP contribution in [-0.4, -0.2) is 10.1 Å². The molecular weight excluding hydrogens is 322 g/mol. The Kier molecular flexibility index (Phi) is 3.25. The third-order valence-electron chi connectivity index (χ3n) is 4.65. The smallest absolute Gasteiger partial charge is 0.143 e. The first-order valence-electron chi connectivity index (χ1n) is 8.47. The third kappa shape index (κ3) is 2.18. The summed E-state index contributed by atoms with van der Waals surface area (Å²) in [5, 5.41) is 12.1. The molecule has 3 nitrogen and oxygen atoms in total. The Balaban J connectivity index is 1.91. The van der Waals surface area contributed by atoms with Crippen molar-refractivity contribution in [2.75, 3.05) is 0 Å². The molecule has 2 aromatic heterocycles. The average Bonchev–Trinajstić information content (AvgIpc) is 3.08. The summed E-state index contributed by atoms with van der Waals surface area (Å²) < 4.78 is 6.28. The van der Waals surface area contributed by atoms with Crippen molar-refractivity contribution in [2.24, 2.45) is 0 Å². The van der Waals surface area contributed by atoms with Gasteiger partial charge in [-0.2, -0.15) is 0 Å². The summed E-state index contributed by atoms with van der Waals surface area (Å²) in [5.41, 5.74) is 4.48. The lowest BCUT2D eigenvalue weighted by atomic mass is 9.96. The molecule has 26 heavy (non-hydrogen) atoms. The quantitative estimate of drug-likeness (QED) is 0.428. The molecule has 0 atom stereocenters. The molecule has 3 aromatic carbocycles. The maximum atomic E-state index is 10.2. The number of aromatic hydroxyl groups is 1. The SMILES string of the molecule is Oc1ccc(-c2oc3ccccc3c2-c2ccccc2)c2cccnc12. The number of para-hydroxylation sites is 1. The van der Waals surface area contributed by atoms with Crippen molar-refractivity contribution in [3.05, 3.63) is 85.1 Å². The van der Waals surface area contributed by atoms with Gasteiger partial charge in [-0.15, -0.1) is 0 Å². The Hall–Kier alpha value is -3.59. The van der Waals surface area contributed by atoms with Gasteiger partial charge in [0.05, 0.1) is 0 Å². The summed E-state index contributed by atoms with van der Waals surface area (Å²) in [7, 11) is 0. The second-order valence-electron chi connectivity index (χ2n) is 6.20. The van der Waals surface area contributed by atoms with Crippen LogP contribution in [0.1, 0.15) is 0 Å². The van der Waals surface area contributed by atoms with Crippen molar-refractivity contribution >= 4 is 21.9 Å². The van der Waals surface area contributed by atoms with Crippen LogP contribution in [0.25, 0.3) is 44.3 Å². The fourth-order valence-corrected chi connectivity index (χ4v) is 3.48. The average molecular weight is 337 g/mol. The number of hydrogen-bond donors (Lipinski definition) is 1. The molecule has 2 heterocycles. The van der Waals surface area contributed by atoms with Gasteiger partial charge >= 0.3 is 0 Å². The zero-order valence-electron chi connectivity index (χ0n) is 13.9. The number of fused-ring (bicyclic) bond motifs is 2. The molecule has 5 rings (SSSR count). The summed E-state index contributed by atoms with van der Waals surface area (Å²) in [4.78, 5) is 4.33. The third-order valence-corrected chi connectivity index (χ3v) is 4.65. The molecule has 1 N–H and O–H groups in total. The number of pyridine rings is 1. The Labute approximate surface area is 150 Å². The van der Waals surface area contributed by atoms with E-state index in [1.54, 1.807) is 12.3 Å². The van der Waals surface area contributed by atoms with Crippen molar-refractivity contribution < 1.29 is 9.52 Å². The monoisotopic (exact) mass is 337 g/mol. The largest absolute Gasteiger partial charge is 0.506 e. The maximum absolute atomic E-state index is 10.2. The molecule has 0 unspecified atom stereocenters. The molecule has 0 fully saturated rings. The zero-order chi connectivity index (χ0) is 17.5. The first-order chi connectivity index (χ1) is 12.8. The second kappa shape index (κ2) is 5.74. The highest BCUT2D eigenvalue weighted by molar-refractivity contribution is 6.07. The van der Waals surface area contributed by atoms with Gasteiger partial charge in [0.25, 0.3) is 0 Å². The van der Waals surface area contributed by atoms with Crippen molar-refractivity contribution in [1.82, 2.24) is 4.98 Å². The molecule has 0 spiro atoms. The van der Waals surface area contributed by atoms with Gasteiger partial charge in [0.2, 0.25) is 0 Å². The number of aromatic nitrogens is 1. The number of benzene rings is 3. The van der Waals surface area contributed by atoms with E-state index in [0.717, 1.165) is 38.8 Å². The van der Waals surface area contributed by atoms with Crippen LogP contribution in [0, 0.1) is 0 Å². The summed E-state index contributed by atoms with van der Waals surface area (Å²) in [6.45, 7) is 0. The zero-order valence-corrected chi connectivity index (χ0v) is 13.9. The Morgan fingerprint density at radius 1 is 0.731 bits per heavy atom. The van der Waals surface area contributed by atoms with E-state index in [1.807, 2.05) is 54.6 Å². The van der Waals surface area contributed by atoms with E-state index in [1.165, 1.54) is 0 Å². The fourth-order valence-electron chi connectivity index (χ4n) is 3.48. The molecular formula is C23H15NO2. The number of phenols is 1. The lowest BCUT2D eigenvalue weighted by Gasteiger charge is -2.08. The van der Waals surface area contributed by atoms with Crippen molar-refractivity contribution in [3.63, 3.8) is 0 Å². The molecule has 0 radical (unpaired) electrons. The van der Waals surface area contributed by atoms with Gasteiger partial charge in [-0.3, -0.25) is 4.98 Å². The Morgan fingerprint density at radius 3 is 2.38 bits per heavy atom. The predicted octanol–water partition coefficient (Wildman–Crippen LogP) is 6.02. The molecule has 0 aliphatic rings. The first-order valence-corrected chi connectivity index (χ1v) is 8.47. The van der Waals surface area contributed by atoms with Gasteiger partial charge < -0.3 is 9.52 Å². The molecule has 5 aromatic rings. The topological polar surface area (TPSA) is 46.3 Å². The molecule has 0 saturated carbocycles. The van der Waals surface area contributed by atoms with Crippen LogP contribution >= 0.6 is 0 Å². The predicted molar refractivity (Wildman–Crippen MR) is 104 cm³/mol. The van der Waals surface area contributed by atoms with Crippen LogP contribution < -0.4 is 0 Å². The van der Waals surface area contributed by atoms with Gasteiger partial charge in [-0.05, 0) is 29.8 Å².